The molecule has 2 saturated heterocycles. The summed E-state index contributed by atoms with van der Waals surface area (Å²) in [5.74, 6) is 0.829. The first-order chi connectivity index (χ1) is 20.3. The molecule has 6 rings (SSSR count). The van der Waals surface area contributed by atoms with Gasteiger partial charge in [-0.25, -0.2) is 0 Å². The molecule has 4 aliphatic carbocycles. The van der Waals surface area contributed by atoms with Gasteiger partial charge in [-0.1, -0.05) is 25.5 Å². The van der Waals surface area contributed by atoms with Gasteiger partial charge < -0.3 is 44.1 Å². The van der Waals surface area contributed by atoms with Crippen molar-refractivity contribution in [1.82, 2.24) is 0 Å². The van der Waals surface area contributed by atoms with E-state index in [2.05, 4.69) is 19.9 Å². The third-order valence-corrected chi connectivity index (χ3v) is 13.2. The number of aliphatic hydroxyl groups is 4. The lowest BCUT2D eigenvalue weighted by molar-refractivity contribution is -0.317. The van der Waals surface area contributed by atoms with Crippen LogP contribution in [-0.4, -0.2) is 94.5 Å². The zero-order chi connectivity index (χ0) is 30.9. The summed E-state index contributed by atoms with van der Waals surface area (Å²) >= 11 is 0. The van der Waals surface area contributed by atoms with E-state index in [4.69, 9.17) is 23.7 Å². The zero-order valence-electron chi connectivity index (χ0n) is 27.0. The van der Waals surface area contributed by atoms with Gasteiger partial charge in [-0.3, -0.25) is 0 Å². The Morgan fingerprint density at radius 3 is 2.35 bits per heavy atom. The Bertz CT molecular complexity index is 1020. The van der Waals surface area contributed by atoms with E-state index in [1.165, 1.54) is 5.57 Å². The molecular weight excluding hydrogens is 552 g/mol. The summed E-state index contributed by atoms with van der Waals surface area (Å²) in [7, 11) is 1.57. The molecule has 3 saturated carbocycles. The summed E-state index contributed by atoms with van der Waals surface area (Å²) in [6.45, 7) is 10.2. The molecule has 0 spiro atoms. The number of ether oxygens (including phenoxy) is 5. The predicted molar refractivity (Wildman–Crippen MR) is 159 cm³/mol. The normalized spacial score (nSPS) is 54.2. The molecule has 0 bridgehead atoms. The maximum absolute atomic E-state index is 12.2. The lowest BCUT2D eigenvalue weighted by atomic mass is 9.45. The van der Waals surface area contributed by atoms with Gasteiger partial charge in [-0.05, 0) is 95.3 Å². The largest absolute Gasteiger partial charge is 0.393 e. The van der Waals surface area contributed by atoms with Crippen LogP contribution in [0.1, 0.15) is 98.8 Å². The Hall–Kier alpha value is -0.620. The molecule has 0 aromatic rings. The van der Waals surface area contributed by atoms with E-state index >= 15 is 0 Å². The summed E-state index contributed by atoms with van der Waals surface area (Å²) < 4.78 is 30.2. The number of rotatable bonds is 6. The number of methoxy groups -OCH3 is 1. The maximum Gasteiger partial charge on any atom is 0.161 e. The van der Waals surface area contributed by atoms with Crippen molar-refractivity contribution in [2.24, 2.45) is 28.6 Å². The van der Waals surface area contributed by atoms with E-state index in [0.717, 1.165) is 51.4 Å². The van der Waals surface area contributed by atoms with Crippen molar-refractivity contribution in [3.8, 4) is 0 Å². The average Bonchev–Trinajstić information content (AvgIpc) is 3.24. The van der Waals surface area contributed by atoms with E-state index in [9.17, 15) is 20.4 Å². The summed E-state index contributed by atoms with van der Waals surface area (Å²) in [5.41, 5.74) is 0.552. The van der Waals surface area contributed by atoms with Crippen LogP contribution in [-0.2, 0) is 23.7 Å². The minimum atomic E-state index is -0.766. The van der Waals surface area contributed by atoms with Crippen LogP contribution < -0.4 is 0 Å². The minimum absolute atomic E-state index is 0.0206. The third kappa shape index (κ3) is 5.36. The first-order valence-corrected chi connectivity index (χ1v) is 16.9. The van der Waals surface area contributed by atoms with Gasteiger partial charge in [-0.2, -0.15) is 0 Å². The predicted octanol–water partition coefficient (Wildman–Crippen LogP) is 3.84. The first-order valence-electron chi connectivity index (χ1n) is 16.9. The monoisotopic (exact) mass is 608 g/mol. The van der Waals surface area contributed by atoms with Crippen molar-refractivity contribution < 1.29 is 44.1 Å². The molecule has 0 aromatic carbocycles. The standard InChI is InChI=1S/C34H56O9/c1-18(35)23-11-14-34(38)25-8-7-21-15-22(9-12-32(21,4)24(25)10-13-33(23,34)5)42-28-16-26(36)31(20(3)41-28)43-29-17-27(39-6)30(37)19(2)40-29/h7,18-20,22-31,35-38H,8-17H2,1-6H3. The van der Waals surface area contributed by atoms with Gasteiger partial charge in [0.15, 0.2) is 12.6 Å². The molecule has 16 atom stereocenters. The van der Waals surface area contributed by atoms with Crippen molar-refractivity contribution in [1.29, 1.82) is 0 Å². The topological polar surface area (TPSA) is 127 Å². The molecule has 2 aliphatic heterocycles. The highest BCUT2D eigenvalue weighted by atomic mass is 16.7. The fourth-order valence-electron chi connectivity index (χ4n) is 10.5. The van der Waals surface area contributed by atoms with Gasteiger partial charge in [0.05, 0.1) is 42.2 Å². The van der Waals surface area contributed by atoms with Gasteiger partial charge >= 0.3 is 0 Å². The highest BCUT2D eigenvalue weighted by Crippen LogP contribution is 2.68. The fourth-order valence-corrected chi connectivity index (χ4v) is 10.5. The number of fused-ring (bicyclic) bond motifs is 5. The van der Waals surface area contributed by atoms with E-state index in [1.807, 2.05) is 13.8 Å². The molecular formula is C34H56O9. The fraction of sp³-hybridized carbons (Fsp3) is 0.941. The smallest absolute Gasteiger partial charge is 0.161 e. The Kier molecular flexibility index (Phi) is 8.93. The number of hydrogen-bond donors (Lipinski definition) is 4. The maximum atomic E-state index is 12.2. The quantitative estimate of drug-likeness (QED) is 0.333. The van der Waals surface area contributed by atoms with Crippen molar-refractivity contribution in [3.05, 3.63) is 11.6 Å². The molecule has 43 heavy (non-hydrogen) atoms. The second-order valence-corrected chi connectivity index (χ2v) is 15.3. The van der Waals surface area contributed by atoms with Crippen molar-refractivity contribution in [2.75, 3.05) is 7.11 Å². The number of aliphatic hydroxyl groups excluding tert-OH is 3. The van der Waals surface area contributed by atoms with Crippen molar-refractivity contribution in [2.45, 2.75) is 166 Å². The lowest BCUT2D eigenvalue weighted by Crippen LogP contribution is -2.61. The molecule has 246 valence electrons. The Morgan fingerprint density at radius 2 is 1.65 bits per heavy atom. The SMILES string of the molecule is COC1CC(OC2C(O)CC(OC3CCC4(C)C(=CCC5C4CCC4(C)C(C(C)O)CCC54O)C3)OC2C)OC(C)C1O. The molecule has 6 aliphatic rings. The molecule has 2 heterocycles. The molecule has 0 amide bonds. The number of hydrogen-bond acceptors (Lipinski definition) is 9. The van der Waals surface area contributed by atoms with Gasteiger partial charge in [0.2, 0.25) is 0 Å². The van der Waals surface area contributed by atoms with Crippen molar-refractivity contribution in [3.63, 3.8) is 0 Å². The van der Waals surface area contributed by atoms with Gasteiger partial charge in [0, 0.05) is 25.4 Å². The molecule has 0 aromatic heterocycles. The molecule has 0 radical (unpaired) electrons. The average molecular weight is 609 g/mol. The van der Waals surface area contributed by atoms with Crippen LogP contribution in [0.4, 0.5) is 0 Å². The second kappa shape index (κ2) is 11.9. The van der Waals surface area contributed by atoms with E-state index < -0.39 is 48.7 Å². The Balaban J connectivity index is 1.07. The van der Waals surface area contributed by atoms with Crippen LogP contribution >= 0.6 is 0 Å². The van der Waals surface area contributed by atoms with Crippen LogP contribution in [0.5, 0.6) is 0 Å². The first kappa shape index (κ1) is 32.3. The van der Waals surface area contributed by atoms with Gasteiger partial charge in [0.1, 0.15) is 12.2 Å². The molecule has 9 nitrogen and oxygen atoms in total. The highest BCUT2D eigenvalue weighted by molar-refractivity contribution is 5.28. The summed E-state index contributed by atoms with van der Waals surface area (Å²) in [4.78, 5) is 0. The number of allylic oxidation sites excluding steroid dienone is 1. The third-order valence-electron chi connectivity index (χ3n) is 13.2. The molecule has 5 fully saturated rings. The van der Waals surface area contributed by atoms with E-state index in [0.29, 0.717) is 18.8 Å². The van der Waals surface area contributed by atoms with Crippen LogP contribution in [0, 0.1) is 28.6 Å². The molecule has 9 heteroatoms. The van der Waals surface area contributed by atoms with E-state index in [1.54, 1.807) is 14.0 Å². The van der Waals surface area contributed by atoms with Crippen LogP contribution in [0.15, 0.2) is 11.6 Å². The summed E-state index contributed by atoms with van der Waals surface area (Å²) in [6.07, 6.45) is 5.79. The minimum Gasteiger partial charge on any atom is -0.393 e. The van der Waals surface area contributed by atoms with Crippen LogP contribution in [0.2, 0.25) is 0 Å². The van der Waals surface area contributed by atoms with E-state index in [-0.39, 0.29) is 41.0 Å². The van der Waals surface area contributed by atoms with Crippen molar-refractivity contribution >= 4 is 0 Å². The van der Waals surface area contributed by atoms with Gasteiger partial charge in [-0.15, -0.1) is 0 Å². The molecule has 16 unspecified atom stereocenters. The Labute approximate surface area is 257 Å². The van der Waals surface area contributed by atoms with Crippen LogP contribution in [0.25, 0.3) is 0 Å². The second-order valence-electron chi connectivity index (χ2n) is 15.3. The van der Waals surface area contributed by atoms with Gasteiger partial charge in [0.25, 0.3) is 0 Å². The van der Waals surface area contributed by atoms with Crippen LogP contribution in [0.3, 0.4) is 0 Å². The highest BCUT2D eigenvalue weighted by Gasteiger charge is 2.66. The summed E-state index contributed by atoms with van der Waals surface area (Å²) in [5, 5.41) is 44.1. The molecule has 4 N–H and O–H groups in total. The summed E-state index contributed by atoms with van der Waals surface area (Å²) in [6, 6.07) is 0. The Morgan fingerprint density at radius 1 is 0.930 bits per heavy atom. The zero-order valence-corrected chi connectivity index (χ0v) is 27.0. The lowest BCUT2D eigenvalue weighted by Gasteiger charge is -2.61.